The maximum absolute atomic E-state index is 6.01. The number of rotatable bonds is 11. The number of nitrogens with zero attached hydrogens (tertiary/aromatic N) is 1. The molecule has 1 saturated carbocycles. The van der Waals surface area contributed by atoms with Crippen molar-refractivity contribution in [1.82, 2.24) is 4.90 Å². The molecule has 1 aliphatic carbocycles. The number of hydrogen-bond donors (Lipinski definition) is 1. The second kappa shape index (κ2) is 8.92. The van der Waals surface area contributed by atoms with Crippen molar-refractivity contribution in [2.45, 2.75) is 84.2 Å². The van der Waals surface area contributed by atoms with Crippen LogP contribution in [0.3, 0.4) is 0 Å². The van der Waals surface area contributed by atoms with Crippen LogP contribution in [0.5, 0.6) is 0 Å². The van der Waals surface area contributed by atoms with Crippen molar-refractivity contribution in [3.8, 4) is 0 Å². The van der Waals surface area contributed by atoms with Gasteiger partial charge in [-0.15, -0.1) is 0 Å². The SMILES string of the molecule is CCCCCCCC(CN)N(CC1CC1)C(C)C. The first-order valence-electron chi connectivity index (χ1n) is 8.14. The van der Waals surface area contributed by atoms with E-state index in [0.29, 0.717) is 12.1 Å². The van der Waals surface area contributed by atoms with E-state index in [1.807, 2.05) is 0 Å². The first kappa shape index (κ1) is 16.0. The summed E-state index contributed by atoms with van der Waals surface area (Å²) in [7, 11) is 0. The van der Waals surface area contributed by atoms with Gasteiger partial charge in [0.2, 0.25) is 0 Å². The number of nitrogens with two attached hydrogens (primary N) is 1. The standard InChI is InChI=1S/C16H34N2/c1-4-5-6-7-8-9-16(12-17)18(14(2)3)13-15-10-11-15/h14-16H,4-13,17H2,1-3H3. The van der Waals surface area contributed by atoms with Crippen LogP contribution in [0, 0.1) is 5.92 Å². The van der Waals surface area contributed by atoms with E-state index >= 15 is 0 Å². The van der Waals surface area contributed by atoms with Crippen molar-refractivity contribution in [3.05, 3.63) is 0 Å². The highest BCUT2D eigenvalue weighted by Gasteiger charge is 2.28. The quantitative estimate of drug-likeness (QED) is 0.568. The zero-order chi connectivity index (χ0) is 13.4. The predicted molar refractivity (Wildman–Crippen MR) is 80.8 cm³/mol. The highest BCUT2D eigenvalue weighted by atomic mass is 15.2. The van der Waals surface area contributed by atoms with Gasteiger partial charge in [-0.1, -0.05) is 39.0 Å². The van der Waals surface area contributed by atoms with E-state index in [1.165, 1.54) is 57.9 Å². The van der Waals surface area contributed by atoms with E-state index in [0.717, 1.165) is 12.5 Å². The van der Waals surface area contributed by atoms with Gasteiger partial charge >= 0.3 is 0 Å². The molecule has 0 radical (unpaired) electrons. The maximum Gasteiger partial charge on any atom is 0.0221 e. The van der Waals surface area contributed by atoms with Crippen LogP contribution in [-0.4, -0.2) is 30.1 Å². The summed E-state index contributed by atoms with van der Waals surface area (Å²) in [5, 5.41) is 0. The normalized spacial score (nSPS) is 17.7. The van der Waals surface area contributed by atoms with Crippen molar-refractivity contribution in [3.63, 3.8) is 0 Å². The van der Waals surface area contributed by atoms with Crippen molar-refractivity contribution in [2.75, 3.05) is 13.1 Å². The van der Waals surface area contributed by atoms with Crippen LogP contribution in [0.25, 0.3) is 0 Å². The van der Waals surface area contributed by atoms with Gasteiger partial charge in [0.05, 0.1) is 0 Å². The Morgan fingerprint density at radius 3 is 2.28 bits per heavy atom. The minimum atomic E-state index is 0.618. The largest absolute Gasteiger partial charge is 0.329 e. The summed E-state index contributed by atoms with van der Waals surface area (Å²) in [5.74, 6) is 0.974. The van der Waals surface area contributed by atoms with E-state index in [9.17, 15) is 0 Å². The Balaban J connectivity index is 2.26. The van der Waals surface area contributed by atoms with Crippen LogP contribution in [0.1, 0.15) is 72.1 Å². The highest BCUT2D eigenvalue weighted by molar-refractivity contribution is 4.83. The third-order valence-electron chi connectivity index (χ3n) is 4.21. The number of unbranched alkanes of at least 4 members (excludes halogenated alkanes) is 4. The molecule has 0 saturated heterocycles. The molecular weight excluding hydrogens is 220 g/mol. The topological polar surface area (TPSA) is 29.3 Å². The van der Waals surface area contributed by atoms with E-state index in [1.54, 1.807) is 0 Å². The van der Waals surface area contributed by atoms with Gasteiger partial charge in [0.25, 0.3) is 0 Å². The zero-order valence-corrected chi connectivity index (χ0v) is 12.8. The van der Waals surface area contributed by atoms with Crippen molar-refractivity contribution < 1.29 is 0 Å². The van der Waals surface area contributed by atoms with Crippen molar-refractivity contribution in [2.24, 2.45) is 11.7 Å². The van der Waals surface area contributed by atoms with Crippen molar-refractivity contribution >= 4 is 0 Å². The van der Waals surface area contributed by atoms with Gasteiger partial charge < -0.3 is 5.73 Å². The Labute approximate surface area is 114 Å². The monoisotopic (exact) mass is 254 g/mol. The molecule has 1 rings (SSSR count). The third kappa shape index (κ3) is 6.19. The lowest BCUT2D eigenvalue weighted by Gasteiger charge is -2.34. The molecule has 2 nitrogen and oxygen atoms in total. The van der Waals surface area contributed by atoms with Crippen LogP contribution in [-0.2, 0) is 0 Å². The minimum Gasteiger partial charge on any atom is -0.329 e. The fourth-order valence-corrected chi connectivity index (χ4v) is 2.78. The summed E-state index contributed by atoms with van der Waals surface area (Å²) < 4.78 is 0. The average Bonchev–Trinajstić information content (AvgIpc) is 3.15. The molecule has 0 heterocycles. The summed E-state index contributed by atoms with van der Waals surface area (Å²) >= 11 is 0. The molecule has 0 aromatic carbocycles. The molecule has 0 aliphatic heterocycles. The van der Waals surface area contributed by atoms with Crippen molar-refractivity contribution in [1.29, 1.82) is 0 Å². The lowest BCUT2D eigenvalue weighted by molar-refractivity contribution is 0.139. The molecule has 1 fully saturated rings. The fraction of sp³-hybridized carbons (Fsp3) is 1.00. The van der Waals surface area contributed by atoms with Gasteiger partial charge in [0.1, 0.15) is 0 Å². The second-order valence-electron chi connectivity index (χ2n) is 6.33. The Hall–Kier alpha value is -0.0800. The summed E-state index contributed by atoms with van der Waals surface area (Å²) in [6.45, 7) is 9.04. The molecule has 0 aromatic rings. The first-order valence-corrected chi connectivity index (χ1v) is 8.14. The van der Waals surface area contributed by atoms with Crippen LogP contribution < -0.4 is 5.73 Å². The van der Waals surface area contributed by atoms with Gasteiger partial charge in [0.15, 0.2) is 0 Å². The van der Waals surface area contributed by atoms with E-state index in [4.69, 9.17) is 5.73 Å². The van der Waals surface area contributed by atoms with Crippen LogP contribution in [0.2, 0.25) is 0 Å². The molecule has 0 amide bonds. The van der Waals surface area contributed by atoms with E-state index < -0.39 is 0 Å². The van der Waals surface area contributed by atoms with Gasteiger partial charge in [-0.2, -0.15) is 0 Å². The Kier molecular flexibility index (Phi) is 7.92. The molecular formula is C16H34N2. The fourth-order valence-electron chi connectivity index (χ4n) is 2.78. The molecule has 0 aromatic heterocycles. The summed E-state index contributed by atoms with van der Waals surface area (Å²) in [5.41, 5.74) is 6.01. The lowest BCUT2D eigenvalue weighted by atomic mass is 10.0. The average molecular weight is 254 g/mol. The van der Waals surface area contributed by atoms with Crippen LogP contribution in [0.4, 0.5) is 0 Å². The maximum atomic E-state index is 6.01. The Morgan fingerprint density at radius 1 is 1.11 bits per heavy atom. The second-order valence-corrected chi connectivity index (χ2v) is 6.33. The summed E-state index contributed by atoms with van der Waals surface area (Å²) in [4.78, 5) is 2.66. The Bertz CT molecular complexity index is 199. The molecule has 1 unspecified atom stereocenters. The first-order chi connectivity index (χ1) is 8.69. The summed E-state index contributed by atoms with van der Waals surface area (Å²) in [6, 6.07) is 1.27. The minimum absolute atomic E-state index is 0.618. The van der Waals surface area contributed by atoms with Gasteiger partial charge in [-0.25, -0.2) is 0 Å². The van der Waals surface area contributed by atoms with E-state index in [-0.39, 0.29) is 0 Å². The predicted octanol–water partition coefficient (Wildman–Crippen LogP) is 3.79. The van der Waals surface area contributed by atoms with Gasteiger partial charge in [-0.3, -0.25) is 4.90 Å². The van der Waals surface area contributed by atoms with Crippen LogP contribution in [0.15, 0.2) is 0 Å². The summed E-state index contributed by atoms with van der Waals surface area (Å²) in [6.07, 6.45) is 11.1. The lowest BCUT2D eigenvalue weighted by Crippen LogP contribution is -2.45. The van der Waals surface area contributed by atoms with Crippen LogP contribution >= 0.6 is 0 Å². The smallest absolute Gasteiger partial charge is 0.0221 e. The molecule has 2 N–H and O–H groups in total. The molecule has 1 atom stereocenters. The Morgan fingerprint density at radius 2 is 1.78 bits per heavy atom. The molecule has 108 valence electrons. The molecule has 1 aliphatic rings. The molecule has 2 heteroatoms. The molecule has 18 heavy (non-hydrogen) atoms. The molecule has 0 spiro atoms. The van der Waals surface area contributed by atoms with E-state index in [2.05, 4.69) is 25.7 Å². The van der Waals surface area contributed by atoms with Gasteiger partial charge in [-0.05, 0) is 39.0 Å². The molecule has 0 bridgehead atoms. The highest BCUT2D eigenvalue weighted by Crippen LogP contribution is 2.31. The van der Waals surface area contributed by atoms with Gasteiger partial charge in [0, 0.05) is 25.2 Å². The zero-order valence-electron chi connectivity index (χ0n) is 12.8. The third-order valence-corrected chi connectivity index (χ3v) is 4.21. The number of hydrogen-bond acceptors (Lipinski definition) is 2.